The van der Waals surface area contributed by atoms with E-state index in [4.69, 9.17) is 4.74 Å². The molecule has 90 valence electrons. The van der Waals surface area contributed by atoms with E-state index in [1.165, 1.54) is 12.8 Å². The third-order valence-electron chi connectivity index (χ3n) is 4.08. The summed E-state index contributed by atoms with van der Waals surface area (Å²) < 4.78 is 5.54. The summed E-state index contributed by atoms with van der Waals surface area (Å²) in [5.74, 6) is -0.142. The lowest BCUT2D eigenvalue weighted by molar-refractivity contribution is -0.147. The van der Waals surface area contributed by atoms with Crippen LogP contribution in [0.2, 0.25) is 0 Å². The molecule has 0 spiro atoms. The van der Waals surface area contributed by atoms with Crippen LogP contribution < -0.4 is 0 Å². The number of rotatable bonds is 2. The van der Waals surface area contributed by atoms with Gasteiger partial charge in [0.25, 0.3) is 0 Å². The second-order valence-electron chi connectivity index (χ2n) is 5.02. The molecule has 3 atom stereocenters. The predicted octanol–water partition coefficient (Wildman–Crippen LogP) is 2.12. The van der Waals surface area contributed by atoms with E-state index in [0.29, 0.717) is 17.7 Å². The van der Waals surface area contributed by atoms with Crippen molar-refractivity contribution < 1.29 is 9.53 Å². The van der Waals surface area contributed by atoms with Crippen LogP contribution in [0.15, 0.2) is 11.6 Å². The minimum atomic E-state index is -0.142. The number of fused-ring (bicyclic) bond motifs is 2. The molecule has 3 nitrogen and oxygen atoms in total. The fraction of sp³-hybridized carbons (Fsp3) is 0.769. The van der Waals surface area contributed by atoms with Gasteiger partial charge in [-0.15, -0.1) is 0 Å². The van der Waals surface area contributed by atoms with Gasteiger partial charge in [-0.05, 0) is 33.7 Å². The van der Waals surface area contributed by atoms with E-state index < -0.39 is 0 Å². The summed E-state index contributed by atoms with van der Waals surface area (Å²) >= 11 is 0. The summed E-state index contributed by atoms with van der Waals surface area (Å²) in [5.41, 5.74) is 0.714. The zero-order chi connectivity index (χ0) is 11.7. The number of carbonyl (C=O) groups excluding carboxylic acids is 1. The summed E-state index contributed by atoms with van der Waals surface area (Å²) in [4.78, 5) is 14.1. The molecule has 3 heteroatoms. The maximum absolute atomic E-state index is 11.7. The van der Waals surface area contributed by atoms with Gasteiger partial charge >= 0.3 is 5.97 Å². The number of nitrogens with zero attached hydrogens (tertiary/aromatic N) is 1. The number of ether oxygens (including phenoxy) is 1. The lowest BCUT2D eigenvalue weighted by atomic mass is 10.0. The van der Waals surface area contributed by atoms with Crippen LogP contribution in [0.4, 0.5) is 0 Å². The van der Waals surface area contributed by atoms with Crippen LogP contribution in [-0.2, 0) is 9.53 Å². The van der Waals surface area contributed by atoms with Gasteiger partial charge in [0.05, 0.1) is 0 Å². The summed E-state index contributed by atoms with van der Waals surface area (Å²) in [6.45, 7) is 3.68. The average Bonchev–Trinajstić information content (AvgIpc) is 2.52. The maximum atomic E-state index is 11.7. The Morgan fingerprint density at radius 1 is 1.31 bits per heavy atom. The molecule has 2 saturated heterocycles. The molecule has 0 aliphatic carbocycles. The number of hydrogen-bond acceptors (Lipinski definition) is 3. The Balaban J connectivity index is 1.92. The Morgan fingerprint density at radius 3 is 2.38 bits per heavy atom. The largest absolute Gasteiger partial charge is 0.459 e. The van der Waals surface area contributed by atoms with Gasteiger partial charge < -0.3 is 9.64 Å². The Bertz CT molecular complexity index is 297. The van der Waals surface area contributed by atoms with E-state index in [-0.39, 0.29) is 12.1 Å². The van der Waals surface area contributed by atoms with Gasteiger partial charge in [-0.25, -0.2) is 4.79 Å². The molecule has 2 heterocycles. The smallest absolute Gasteiger partial charge is 0.333 e. The topological polar surface area (TPSA) is 29.5 Å². The van der Waals surface area contributed by atoms with Crippen LogP contribution in [0.3, 0.4) is 0 Å². The van der Waals surface area contributed by atoms with E-state index in [1.54, 1.807) is 0 Å². The van der Waals surface area contributed by atoms with Gasteiger partial charge in [0.15, 0.2) is 0 Å². The third-order valence-corrected chi connectivity index (χ3v) is 4.08. The molecule has 0 aromatic rings. The number of carbonyl (C=O) groups is 1. The van der Waals surface area contributed by atoms with Crippen LogP contribution in [0.1, 0.15) is 39.5 Å². The molecule has 0 amide bonds. The van der Waals surface area contributed by atoms with Crippen LogP contribution in [-0.4, -0.2) is 36.1 Å². The summed E-state index contributed by atoms with van der Waals surface area (Å²) in [6, 6.07) is 1.25. The maximum Gasteiger partial charge on any atom is 0.333 e. The lowest BCUT2D eigenvalue weighted by Gasteiger charge is -2.35. The Kier molecular flexibility index (Phi) is 3.33. The molecular weight excluding hydrogens is 202 g/mol. The Morgan fingerprint density at radius 2 is 1.88 bits per heavy atom. The molecular formula is C13H21NO2. The van der Waals surface area contributed by atoms with Crippen molar-refractivity contribution in [2.75, 3.05) is 7.05 Å². The first-order valence-electron chi connectivity index (χ1n) is 6.17. The van der Waals surface area contributed by atoms with Crippen molar-refractivity contribution in [3.63, 3.8) is 0 Å². The first kappa shape index (κ1) is 11.6. The molecule has 2 fully saturated rings. The SMILES string of the molecule is C/C=C(\C)C(=O)OC1CC2CC[C@H](C1)N2C. The molecule has 0 aromatic carbocycles. The molecule has 2 aliphatic rings. The number of hydrogen-bond donors (Lipinski definition) is 0. The zero-order valence-corrected chi connectivity index (χ0v) is 10.4. The molecule has 2 unspecified atom stereocenters. The zero-order valence-electron chi connectivity index (χ0n) is 10.4. The standard InChI is InChI=1S/C13H21NO2/c1-4-9(2)13(15)16-12-7-10-5-6-11(8-12)14(10)3/h4,10-12H,5-8H2,1-3H3/b9-4+/t10-,11?,12?/m1/s1. The van der Waals surface area contributed by atoms with Crippen molar-refractivity contribution in [2.24, 2.45) is 0 Å². The van der Waals surface area contributed by atoms with E-state index in [9.17, 15) is 4.79 Å². The molecule has 0 radical (unpaired) electrons. The average molecular weight is 223 g/mol. The van der Waals surface area contributed by atoms with Gasteiger partial charge in [0, 0.05) is 30.5 Å². The van der Waals surface area contributed by atoms with Crippen molar-refractivity contribution in [3.8, 4) is 0 Å². The van der Waals surface area contributed by atoms with Crippen molar-refractivity contribution in [1.82, 2.24) is 4.90 Å². The highest BCUT2D eigenvalue weighted by Crippen LogP contribution is 2.35. The van der Waals surface area contributed by atoms with Gasteiger partial charge in [0.2, 0.25) is 0 Å². The number of allylic oxidation sites excluding steroid dienone is 1. The number of piperidine rings is 1. The van der Waals surface area contributed by atoms with Crippen LogP contribution in [0.25, 0.3) is 0 Å². The highest BCUT2D eigenvalue weighted by molar-refractivity contribution is 5.87. The Labute approximate surface area is 97.5 Å². The summed E-state index contributed by atoms with van der Waals surface area (Å²) in [6.07, 6.45) is 6.49. The first-order valence-corrected chi connectivity index (χ1v) is 6.17. The summed E-state index contributed by atoms with van der Waals surface area (Å²) in [5, 5.41) is 0. The molecule has 2 bridgehead atoms. The molecule has 2 rings (SSSR count). The lowest BCUT2D eigenvalue weighted by Crippen LogP contribution is -2.43. The minimum absolute atomic E-state index is 0.135. The van der Waals surface area contributed by atoms with Crippen molar-refractivity contribution in [3.05, 3.63) is 11.6 Å². The molecule has 0 saturated carbocycles. The van der Waals surface area contributed by atoms with E-state index >= 15 is 0 Å². The Hall–Kier alpha value is -0.830. The quantitative estimate of drug-likeness (QED) is 0.530. The molecule has 2 aliphatic heterocycles. The van der Waals surface area contributed by atoms with Gasteiger partial charge in [-0.1, -0.05) is 6.08 Å². The molecule has 16 heavy (non-hydrogen) atoms. The van der Waals surface area contributed by atoms with Crippen LogP contribution in [0, 0.1) is 0 Å². The second-order valence-corrected chi connectivity index (χ2v) is 5.02. The normalized spacial score (nSPS) is 35.2. The highest BCUT2D eigenvalue weighted by Gasteiger charge is 2.39. The van der Waals surface area contributed by atoms with Gasteiger partial charge in [-0.3, -0.25) is 0 Å². The third kappa shape index (κ3) is 2.14. The highest BCUT2D eigenvalue weighted by atomic mass is 16.5. The predicted molar refractivity (Wildman–Crippen MR) is 63.1 cm³/mol. The fourth-order valence-electron chi connectivity index (χ4n) is 2.82. The first-order chi connectivity index (χ1) is 7.61. The van der Waals surface area contributed by atoms with Gasteiger partial charge in [0.1, 0.15) is 6.10 Å². The second kappa shape index (κ2) is 4.58. The molecule has 0 N–H and O–H groups in total. The molecule has 0 aromatic heterocycles. The van der Waals surface area contributed by atoms with E-state index in [0.717, 1.165) is 12.8 Å². The van der Waals surface area contributed by atoms with E-state index in [2.05, 4.69) is 11.9 Å². The summed E-state index contributed by atoms with van der Waals surface area (Å²) in [7, 11) is 2.19. The minimum Gasteiger partial charge on any atom is -0.459 e. The van der Waals surface area contributed by atoms with E-state index in [1.807, 2.05) is 19.9 Å². The van der Waals surface area contributed by atoms with Crippen molar-refractivity contribution in [1.29, 1.82) is 0 Å². The number of esters is 1. The van der Waals surface area contributed by atoms with Crippen LogP contribution >= 0.6 is 0 Å². The van der Waals surface area contributed by atoms with Crippen molar-refractivity contribution in [2.45, 2.75) is 57.7 Å². The van der Waals surface area contributed by atoms with Crippen molar-refractivity contribution >= 4 is 5.97 Å². The fourth-order valence-corrected chi connectivity index (χ4v) is 2.82. The van der Waals surface area contributed by atoms with Gasteiger partial charge in [-0.2, -0.15) is 0 Å². The van der Waals surface area contributed by atoms with Crippen LogP contribution in [0.5, 0.6) is 0 Å². The monoisotopic (exact) mass is 223 g/mol.